The van der Waals surface area contributed by atoms with Gasteiger partial charge in [-0.2, -0.15) is 0 Å². The van der Waals surface area contributed by atoms with Crippen LogP contribution in [0.4, 0.5) is 0 Å². The predicted molar refractivity (Wildman–Crippen MR) is 153 cm³/mol. The molecule has 2 aromatic carbocycles. The molecule has 2 heterocycles. The first-order valence-corrected chi connectivity index (χ1v) is 13.3. The van der Waals surface area contributed by atoms with E-state index in [1.165, 1.54) is 54.6 Å². The molecule has 0 saturated heterocycles. The average molecular weight is 587 g/mol. The number of aromatic nitrogens is 1. The first-order chi connectivity index (χ1) is 20.6. The van der Waals surface area contributed by atoms with Gasteiger partial charge in [0, 0.05) is 59.3 Å². The van der Waals surface area contributed by atoms with Gasteiger partial charge in [-0.05, 0) is 54.8 Å². The van der Waals surface area contributed by atoms with Gasteiger partial charge < -0.3 is 35.0 Å². The van der Waals surface area contributed by atoms with Crippen molar-refractivity contribution >= 4 is 28.8 Å². The number of hydrogen-bond acceptors (Lipinski definition) is 9. The lowest BCUT2D eigenvalue weighted by atomic mass is 9.90. The van der Waals surface area contributed by atoms with E-state index in [0.717, 1.165) is 0 Å². The number of nitrogens with one attached hydrogen (secondary N) is 1. The van der Waals surface area contributed by atoms with E-state index >= 15 is 0 Å². The lowest BCUT2D eigenvalue weighted by Crippen LogP contribution is -2.25. The molecule has 0 saturated carbocycles. The van der Waals surface area contributed by atoms with Crippen LogP contribution in [-0.4, -0.2) is 49.5 Å². The molecule has 12 nitrogen and oxygen atoms in total. The topological polar surface area (TPSA) is 189 Å². The molecule has 3 aromatic rings. The minimum Gasteiger partial charge on any atom is -0.508 e. The Hall–Kier alpha value is -5.78. The second-order valence-corrected chi connectivity index (χ2v) is 9.75. The maximum Gasteiger partial charge on any atom is 0.336 e. The van der Waals surface area contributed by atoms with Crippen LogP contribution in [0.3, 0.4) is 0 Å². The standard InChI is InChI=1S/C31H26N2O10/c34-18-6-9-21-24(15-18)42-25-16-19(35)7-10-22(25)29(21)20-8-5-17(14-23(20)31(40)41)30(39)32-13-3-1-2-4-28(38)43-33-26(36)11-12-27(33)37/h5-12,14-16,34,36-37H,1-4,13H2,(H,32,39)(H,40,41). The molecule has 1 aromatic heterocycles. The molecular formula is C31H26N2O10. The number of phenols is 1. The van der Waals surface area contributed by atoms with Gasteiger partial charge in [0.1, 0.15) is 17.1 Å². The summed E-state index contributed by atoms with van der Waals surface area (Å²) in [6.45, 7) is 0.272. The number of phenolic OH excluding ortho intramolecular Hbond substituents is 1. The van der Waals surface area contributed by atoms with E-state index in [1.807, 2.05) is 0 Å². The fraction of sp³-hybridized carbons (Fsp3) is 0.161. The number of nitrogens with zero attached hydrogens (tertiary/aromatic N) is 1. The maximum atomic E-state index is 12.8. The summed E-state index contributed by atoms with van der Waals surface area (Å²) < 4.78 is 6.45. The molecular weight excluding hydrogens is 560 g/mol. The average Bonchev–Trinajstić information content (AvgIpc) is 3.29. The predicted octanol–water partition coefficient (Wildman–Crippen LogP) is 4.13. The Morgan fingerprint density at radius 3 is 2.33 bits per heavy atom. The van der Waals surface area contributed by atoms with Crippen molar-refractivity contribution < 1.29 is 44.1 Å². The largest absolute Gasteiger partial charge is 0.508 e. The number of carbonyl (C=O) groups is 3. The van der Waals surface area contributed by atoms with Crippen molar-refractivity contribution in [1.82, 2.24) is 10.0 Å². The zero-order chi connectivity index (χ0) is 30.7. The van der Waals surface area contributed by atoms with Gasteiger partial charge in [0.2, 0.25) is 11.8 Å². The van der Waals surface area contributed by atoms with Crippen LogP contribution in [0.15, 0.2) is 75.9 Å². The number of hydrogen-bond donors (Lipinski definition) is 5. The molecule has 43 heavy (non-hydrogen) atoms. The van der Waals surface area contributed by atoms with E-state index in [4.69, 9.17) is 9.25 Å². The summed E-state index contributed by atoms with van der Waals surface area (Å²) in [7, 11) is 0. The first-order valence-electron chi connectivity index (χ1n) is 13.3. The highest BCUT2D eigenvalue weighted by molar-refractivity contribution is 6.09. The van der Waals surface area contributed by atoms with Crippen LogP contribution in [-0.2, 0) is 4.79 Å². The van der Waals surface area contributed by atoms with E-state index in [-0.39, 0.29) is 46.6 Å². The number of carbonyl (C=O) groups excluding carboxylic acids is 2. The normalized spacial score (nSPS) is 11.1. The highest BCUT2D eigenvalue weighted by Crippen LogP contribution is 2.42. The third-order valence-corrected chi connectivity index (χ3v) is 6.79. The van der Waals surface area contributed by atoms with Crippen molar-refractivity contribution in [1.29, 1.82) is 0 Å². The summed E-state index contributed by atoms with van der Waals surface area (Å²) in [5.74, 6) is -3.07. The van der Waals surface area contributed by atoms with E-state index in [2.05, 4.69) is 5.32 Å². The van der Waals surface area contributed by atoms with Gasteiger partial charge in [0.25, 0.3) is 5.91 Å². The second-order valence-electron chi connectivity index (χ2n) is 9.75. The summed E-state index contributed by atoms with van der Waals surface area (Å²) in [6, 6.07) is 15.2. The number of fused-ring (bicyclic) bond motifs is 2. The molecule has 0 bridgehead atoms. The zero-order valence-corrected chi connectivity index (χ0v) is 22.6. The third kappa shape index (κ3) is 6.12. The molecule has 0 radical (unpaired) electrons. The molecule has 0 atom stereocenters. The van der Waals surface area contributed by atoms with Crippen LogP contribution in [0.5, 0.6) is 17.5 Å². The van der Waals surface area contributed by atoms with Crippen molar-refractivity contribution in [3.8, 4) is 40.0 Å². The van der Waals surface area contributed by atoms with Crippen LogP contribution in [0, 0.1) is 0 Å². The number of amides is 1. The van der Waals surface area contributed by atoms with E-state index in [0.29, 0.717) is 46.1 Å². The number of unbranched alkanes of at least 4 members (excludes halogenated alkanes) is 2. The molecule has 0 spiro atoms. The van der Waals surface area contributed by atoms with Crippen LogP contribution in [0.2, 0.25) is 0 Å². The van der Waals surface area contributed by atoms with E-state index in [1.54, 1.807) is 12.1 Å². The van der Waals surface area contributed by atoms with Crippen LogP contribution in [0.25, 0.3) is 33.4 Å². The Morgan fingerprint density at radius 1 is 0.837 bits per heavy atom. The van der Waals surface area contributed by atoms with Gasteiger partial charge in [0.15, 0.2) is 5.43 Å². The van der Waals surface area contributed by atoms with Crippen LogP contribution < -0.4 is 15.6 Å². The Morgan fingerprint density at radius 2 is 1.58 bits per heavy atom. The van der Waals surface area contributed by atoms with Crippen molar-refractivity contribution in [3.63, 3.8) is 0 Å². The van der Waals surface area contributed by atoms with Crippen molar-refractivity contribution in [2.75, 3.05) is 6.54 Å². The smallest absolute Gasteiger partial charge is 0.336 e. The number of aromatic carboxylic acids is 1. The van der Waals surface area contributed by atoms with Crippen LogP contribution in [0.1, 0.15) is 46.4 Å². The van der Waals surface area contributed by atoms with Gasteiger partial charge in [-0.15, -0.1) is 4.73 Å². The number of rotatable bonds is 10. The van der Waals surface area contributed by atoms with Crippen molar-refractivity contribution in [2.24, 2.45) is 0 Å². The lowest BCUT2D eigenvalue weighted by molar-refractivity contribution is -0.145. The third-order valence-electron chi connectivity index (χ3n) is 6.79. The molecule has 1 aliphatic heterocycles. The summed E-state index contributed by atoms with van der Waals surface area (Å²) in [4.78, 5) is 54.0. The molecule has 0 fully saturated rings. The summed E-state index contributed by atoms with van der Waals surface area (Å²) in [5, 5.41) is 42.3. The van der Waals surface area contributed by atoms with Gasteiger partial charge in [-0.1, -0.05) is 12.5 Å². The fourth-order valence-electron chi connectivity index (χ4n) is 4.75. The maximum absolute atomic E-state index is 12.8. The Kier molecular flexibility index (Phi) is 8.01. The first kappa shape index (κ1) is 28.7. The number of carboxylic acid groups (broad SMARTS) is 1. The molecule has 5 N–H and O–H groups in total. The monoisotopic (exact) mass is 586 g/mol. The molecule has 12 heteroatoms. The Bertz CT molecular complexity index is 1870. The van der Waals surface area contributed by atoms with E-state index < -0.39 is 29.6 Å². The SMILES string of the molecule is O=C(CCCCCNC(=O)c1ccc(-c2c3ccc(=O)cc-3oc3cc(O)ccc23)c(C(=O)O)c1)On1c(O)ccc1O. The molecule has 0 unspecified atom stereocenters. The number of aromatic hydroxyl groups is 3. The highest BCUT2D eigenvalue weighted by atomic mass is 16.7. The zero-order valence-electron chi connectivity index (χ0n) is 22.6. The van der Waals surface area contributed by atoms with Crippen LogP contribution >= 0.6 is 0 Å². The summed E-state index contributed by atoms with van der Waals surface area (Å²) in [6.07, 6.45) is 1.56. The van der Waals surface area contributed by atoms with Gasteiger partial charge in [-0.25, -0.2) is 9.59 Å². The van der Waals surface area contributed by atoms with Gasteiger partial charge in [-0.3, -0.25) is 9.59 Å². The molecule has 2 aliphatic rings. The lowest BCUT2D eigenvalue weighted by Gasteiger charge is -2.17. The van der Waals surface area contributed by atoms with Crippen molar-refractivity contribution in [2.45, 2.75) is 25.7 Å². The molecule has 1 amide bonds. The van der Waals surface area contributed by atoms with E-state index in [9.17, 15) is 39.6 Å². The Balaban J connectivity index is 1.28. The Labute approximate surface area is 243 Å². The van der Waals surface area contributed by atoms with Crippen molar-refractivity contribution in [3.05, 3.63) is 88.1 Å². The molecule has 5 rings (SSSR count). The minimum absolute atomic E-state index is 0.0281. The highest BCUT2D eigenvalue weighted by Gasteiger charge is 2.23. The number of benzene rings is 3. The molecule has 220 valence electrons. The quantitative estimate of drug-likeness (QED) is 0.118. The molecule has 1 aliphatic carbocycles. The summed E-state index contributed by atoms with van der Waals surface area (Å²) in [5.41, 5.74) is 1.20. The van der Waals surface area contributed by atoms with Gasteiger partial charge >= 0.3 is 11.9 Å². The second kappa shape index (κ2) is 12.0. The fourth-order valence-corrected chi connectivity index (χ4v) is 4.75. The number of carboxylic acids is 1. The summed E-state index contributed by atoms with van der Waals surface area (Å²) >= 11 is 0. The van der Waals surface area contributed by atoms with Gasteiger partial charge in [0.05, 0.1) is 5.56 Å². The minimum atomic E-state index is -1.26.